The normalized spacial score (nSPS) is 29.5. The fourth-order valence-corrected chi connectivity index (χ4v) is 6.35. The average Bonchev–Trinajstić information content (AvgIpc) is 3.55. The Labute approximate surface area is 223 Å². The third-order valence-electron chi connectivity index (χ3n) is 8.05. The highest BCUT2D eigenvalue weighted by Gasteiger charge is 2.46. The van der Waals surface area contributed by atoms with Crippen molar-refractivity contribution in [3.8, 4) is 0 Å². The molecule has 4 rings (SSSR count). The first-order chi connectivity index (χ1) is 18.4. The molecule has 212 valence electrons. The van der Waals surface area contributed by atoms with E-state index in [4.69, 9.17) is 18.9 Å². The molecule has 3 fully saturated rings. The molecule has 3 aliphatic rings. The molecule has 1 aromatic heterocycles. The molecule has 0 spiro atoms. The van der Waals surface area contributed by atoms with Gasteiger partial charge in [-0.1, -0.05) is 0 Å². The van der Waals surface area contributed by atoms with E-state index in [-0.39, 0.29) is 43.2 Å². The number of methoxy groups -OCH3 is 2. The minimum absolute atomic E-state index is 0.0876. The second-order valence-electron chi connectivity index (χ2n) is 10.4. The molecule has 13 nitrogen and oxygen atoms in total. The molecule has 1 aliphatic carbocycles. The van der Waals surface area contributed by atoms with Gasteiger partial charge in [-0.05, 0) is 68.9 Å². The van der Waals surface area contributed by atoms with Crippen molar-refractivity contribution in [2.75, 3.05) is 47.1 Å². The topological polar surface area (TPSA) is 138 Å². The maximum Gasteiger partial charge on any atom is 0.410 e. The second-order valence-corrected chi connectivity index (χ2v) is 10.4. The van der Waals surface area contributed by atoms with Crippen LogP contribution in [0.15, 0.2) is 0 Å². The highest BCUT2D eigenvalue weighted by Crippen LogP contribution is 2.42. The van der Waals surface area contributed by atoms with Gasteiger partial charge in [0, 0.05) is 26.7 Å². The highest BCUT2D eigenvalue weighted by atomic mass is 16.6. The van der Waals surface area contributed by atoms with Crippen molar-refractivity contribution in [1.82, 2.24) is 30.0 Å². The number of hydrogen-bond donors (Lipinski definition) is 0. The standard InChI is InChI=1S/C25H40N6O7/c1-5-37-23(32)20-11-19(31-27-22(15-35-3)26-28-31)14-29(20)12-16-7-8-17-13-30(25(34)36-4)21(10-18(17)9-16)24(33)38-6-2/h16-21H,5-15H2,1-4H3. The molecule has 2 saturated heterocycles. The Morgan fingerprint density at radius 1 is 0.921 bits per heavy atom. The molecule has 13 heteroatoms. The van der Waals surface area contributed by atoms with Crippen LogP contribution in [0, 0.1) is 17.8 Å². The summed E-state index contributed by atoms with van der Waals surface area (Å²) in [4.78, 5) is 43.3. The predicted octanol–water partition coefficient (Wildman–Crippen LogP) is 1.43. The monoisotopic (exact) mass is 536 g/mol. The molecule has 0 N–H and O–H groups in total. The van der Waals surface area contributed by atoms with E-state index in [1.165, 1.54) is 12.0 Å². The first-order valence-electron chi connectivity index (χ1n) is 13.6. The quantitative estimate of drug-likeness (QED) is 0.335. The number of piperidine rings is 1. The molecule has 0 aromatic carbocycles. The van der Waals surface area contributed by atoms with Crippen molar-refractivity contribution >= 4 is 18.0 Å². The molecular formula is C25H40N6O7. The van der Waals surface area contributed by atoms with Gasteiger partial charge in [-0.25, -0.2) is 9.59 Å². The van der Waals surface area contributed by atoms with E-state index < -0.39 is 12.1 Å². The van der Waals surface area contributed by atoms with Crippen molar-refractivity contribution in [3.05, 3.63) is 5.82 Å². The fraction of sp³-hybridized carbons (Fsp3) is 0.840. The first-order valence-corrected chi connectivity index (χ1v) is 13.6. The Bertz CT molecular complexity index is 974. The van der Waals surface area contributed by atoms with Gasteiger partial charge in [0.25, 0.3) is 0 Å². The third kappa shape index (κ3) is 6.25. The second kappa shape index (κ2) is 12.8. The first kappa shape index (κ1) is 28.2. The van der Waals surface area contributed by atoms with Crippen LogP contribution in [-0.4, -0.2) is 107 Å². The Balaban J connectivity index is 1.43. The Hall–Kier alpha value is -2.80. The lowest BCUT2D eigenvalue weighted by Gasteiger charge is -2.46. The predicted molar refractivity (Wildman–Crippen MR) is 133 cm³/mol. The number of nitrogens with zero attached hydrogens (tertiary/aromatic N) is 6. The SMILES string of the molecule is CCOC(=O)C1CC(n2nnc(COC)n2)CN1CC1CCC2CN(C(=O)OC)C(C(=O)OCC)CC2C1. The van der Waals surface area contributed by atoms with Crippen LogP contribution in [0.1, 0.15) is 57.8 Å². The summed E-state index contributed by atoms with van der Waals surface area (Å²) >= 11 is 0. The summed E-state index contributed by atoms with van der Waals surface area (Å²) in [6.45, 7) is 6.31. The number of tetrazole rings is 1. The van der Waals surface area contributed by atoms with Crippen LogP contribution in [0.2, 0.25) is 0 Å². The smallest absolute Gasteiger partial charge is 0.410 e. The zero-order valence-corrected chi connectivity index (χ0v) is 22.8. The van der Waals surface area contributed by atoms with E-state index in [2.05, 4.69) is 20.3 Å². The van der Waals surface area contributed by atoms with Gasteiger partial charge in [0.15, 0.2) is 5.82 Å². The van der Waals surface area contributed by atoms with Gasteiger partial charge < -0.3 is 18.9 Å². The number of amides is 1. The summed E-state index contributed by atoms with van der Waals surface area (Å²) in [7, 11) is 2.92. The van der Waals surface area contributed by atoms with Gasteiger partial charge in [0.05, 0.1) is 26.4 Å². The van der Waals surface area contributed by atoms with Gasteiger partial charge in [0.2, 0.25) is 0 Å². The van der Waals surface area contributed by atoms with Crippen LogP contribution in [0.3, 0.4) is 0 Å². The molecule has 1 saturated carbocycles. The summed E-state index contributed by atoms with van der Waals surface area (Å²) in [5.74, 6) is 0.851. The van der Waals surface area contributed by atoms with Crippen LogP contribution in [-0.2, 0) is 35.1 Å². The molecule has 2 aliphatic heterocycles. The van der Waals surface area contributed by atoms with E-state index in [9.17, 15) is 14.4 Å². The Morgan fingerprint density at radius 3 is 2.34 bits per heavy atom. The van der Waals surface area contributed by atoms with Crippen molar-refractivity contribution in [2.45, 2.75) is 70.7 Å². The molecule has 0 bridgehead atoms. The lowest BCUT2D eigenvalue weighted by molar-refractivity contribution is -0.153. The molecule has 3 heterocycles. The minimum Gasteiger partial charge on any atom is -0.465 e. The van der Waals surface area contributed by atoms with Crippen molar-refractivity contribution in [3.63, 3.8) is 0 Å². The summed E-state index contributed by atoms with van der Waals surface area (Å²) in [5.41, 5.74) is 0. The number of likely N-dealkylation sites (tertiary alicyclic amines) is 2. The van der Waals surface area contributed by atoms with Gasteiger partial charge in [-0.2, -0.15) is 4.80 Å². The number of hydrogen-bond acceptors (Lipinski definition) is 11. The fourth-order valence-electron chi connectivity index (χ4n) is 6.35. The molecule has 1 amide bonds. The van der Waals surface area contributed by atoms with Crippen LogP contribution < -0.4 is 0 Å². The van der Waals surface area contributed by atoms with E-state index in [0.717, 1.165) is 25.8 Å². The van der Waals surface area contributed by atoms with Crippen LogP contribution in [0.4, 0.5) is 4.79 Å². The number of aromatic nitrogens is 4. The summed E-state index contributed by atoms with van der Waals surface area (Å²) < 4.78 is 20.7. The largest absolute Gasteiger partial charge is 0.465 e. The lowest BCUT2D eigenvalue weighted by Crippen LogP contribution is -2.55. The van der Waals surface area contributed by atoms with Crippen LogP contribution in [0.5, 0.6) is 0 Å². The zero-order chi connectivity index (χ0) is 27.2. The van der Waals surface area contributed by atoms with Crippen LogP contribution >= 0.6 is 0 Å². The molecule has 6 unspecified atom stereocenters. The van der Waals surface area contributed by atoms with Crippen molar-refractivity contribution < 1.29 is 33.3 Å². The molecule has 38 heavy (non-hydrogen) atoms. The molecule has 6 atom stereocenters. The molecule has 1 aromatic rings. The molecular weight excluding hydrogens is 496 g/mol. The maximum absolute atomic E-state index is 12.9. The number of rotatable bonds is 9. The van der Waals surface area contributed by atoms with E-state index >= 15 is 0 Å². The maximum atomic E-state index is 12.9. The number of esters is 2. The van der Waals surface area contributed by atoms with Crippen molar-refractivity contribution in [1.29, 1.82) is 0 Å². The van der Waals surface area contributed by atoms with E-state index in [0.29, 0.717) is 50.2 Å². The van der Waals surface area contributed by atoms with Gasteiger partial charge in [0.1, 0.15) is 18.7 Å². The Morgan fingerprint density at radius 2 is 1.66 bits per heavy atom. The van der Waals surface area contributed by atoms with Gasteiger partial charge in [-0.15, -0.1) is 10.2 Å². The molecule has 0 radical (unpaired) electrons. The number of carbonyl (C=O) groups excluding carboxylic acids is 3. The summed E-state index contributed by atoms with van der Waals surface area (Å²) in [5, 5.41) is 12.7. The third-order valence-corrected chi connectivity index (χ3v) is 8.05. The minimum atomic E-state index is -0.634. The number of fused-ring (bicyclic) bond motifs is 1. The summed E-state index contributed by atoms with van der Waals surface area (Å²) in [6.07, 6.45) is 3.48. The highest BCUT2D eigenvalue weighted by molar-refractivity contribution is 5.81. The van der Waals surface area contributed by atoms with Crippen LogP contribution in [0.25, 0.3) is 0 Å². The lowest BCUT2D eigenvalue weighted by atomic mass is 9.69. The Kier molecular flexibility index (Phi) is 9.53. The average molecular weight is 537 g/mol. The van der Waals surface area contributed by atoms with Gasteiger partial charge in [-0.3, -0.25) is 14.6 Å². The summed E-state index contributed by atoms with van der Waals surface area (Å²) in [6, 6.07) is -1.09. The van der Waals surface area contributed by atoms with E-state index in [1.54, 1.807) is 18.8 Å². The zero-order valence-electron chi connectivity index (χ0n) is 22.8. The van der Waals surface area contributed by atoms with Gasteiger partial charge >= 0.3 is 18.0 Å². The van der Waals surface area contributed by atoms with Crippen molar-refractivity contribution in [2.24, 2.45) is 17.8 Å². The van der Waals surface area contributed by atoms with E-state index in [1.807, 2.05) is 6.92 Å². The number of carbonyl (C=O) groups is 3. The number of ether oxygens (including phenoxy) is 4.